The van der Waals surface area contributed by atoms with Crippen LogP contribution in [-0.4, -0.2) is 36.4 Å². The number of rotatable bonds is 6. The van der Waals surface area contributed by atoms with Crippen molar-refractivity contribution in [2.24, 2.45) is 0 Å². The van der Waals surface area contributed by atoms with Gasteiger partial charge in [-0.05, 0) is 62.1 Å². The van der Waals surface area contributed by atoms with E-state index in [0.29, 0.717) is 23.4 Å². The average Bonchev–Trinajstić information content (AvgIpc) is 2.95. The van der Waals surface area contributed by atoms with Crippen molar-refractivity contribution < 1.29 is 19.1 Å². The maximum atomic E-state index is 13.3. The number of nitrogens with one attached hydrogen (secondary N) is 2. The highest BCUT2D eigenvalue weighted by atomic mass is 16.5. The smallest absolute Gasteiger partial charge is 0.325 e. The van der Waals surface area contributed by atoms with Crippen LogP contribution in [0.1, 0.15) is 35.6 Å². The van der Waals surface area contributed by atoms with Gasteiger partial charge in [0.2, 0.25) is 5.91 Å². The molecule has 7 nitrogen and oxygen atoms in total. The lowest BCUT2D eigenvalue weighted by Gasteiger charge is -2.26. The van der Waals surface area contributed by atoms with E-state index >= 15 is 0 Å². The molecule has 1 fully saturated rings. The number of ether oxygens (including phenoxy) is 1. The Morgan fingerprint density at radius 1 is 1.10 bits per heavy atom. The van der Waals surface area contributed by atoms with Crippen LogP contribution in [0.4, 0.5) is 10.5 Å². The summed E-state index contributed by atoms with van der Waals surface area (Å²) >= 11 is 0. The van der Waals surface area contributed by atoms with Crippen LogP contribution in [-0.2, 0) is 15.1 Å². The first-order valence-corrected chi connectivity index (χ1v) is 9.88. The fraction of sp³-hybridized carbons (Fsp3) is 0.348. The summed E-state index contributed by atoms with van der Waals surface area (Å²) in [7, 11) is 1.58. The zero-order chi connectivity index (χ0) is 22.1. The third-order valence-electron chi connectivity index (χ3n) is 5.55. The van der Waals surface area contributed by atoms with Crippen molar-refractivity contribution in [1.29, 1.82) is 0 Å². The second-order valence-electron chi connectivity index (χ2n) is 7.63. The molecule has 158 valence electrons. The fourth-order valence-electron chi connectivity index (χ4n) is 3.84. The van der Waals surface area contributed by atoms with Crippen molar-refractivity contribution in [3.05, 3.63) is 58.7 Å². The van der Waals surface area contributed by atoms with Gasteiger partial charge >= 0.3 is 6.03 Å². The van der Waals surface area contributed by atoms with Crippen LogP contribution in [0.5, 0.6) is 5.75 Å². The molecule has 1 aliphatic heterocycles. The van der Waals surface area contributed by atoms with E-state index < -0.39 is 23.4 Å². The number of benzene rings is 2. The normalized spacial score (nSPS) is 18.4. The molecule has 30 heavy (non-hydrogen) atoms. The van der Waals surface area contributed by atoms with Crippen LogP contribution >= 0.6 is 0 Å². The van der Waals surface area contributed by atoms with Crippen molar-refractivity contribution in [1.82, 2.24) is 10.2 Å². The highest BCUT2D eigenvalue weighted by Gasteiger charge is 2.51. The van der Waals surface area contributed by atoms with E-state index in [2.05, 4.69) is 10.6 Å². The van der Waals surface area contributed by atoms with Gasteiger partial charge in [0.05, 0.1) is 7.11 Å². The highest BCUT2D eigenvalue weighted by Crippen LogP contribution is 2.34. The zero-order valence-corrected chi connectivity index (χ0v) is 18.0. The molecule has 0 saturated carbocycles. The first-order chi connectivity index (χ1) is 14.2. The maximum absolute atomic E-state index is 13.3. The van der Waals surface area contributed by atoms with Gasteiger partial charge in [-0.15, -0.1) is 0 Å². The Hall–Kier alpha value is -3.35. The maximum Gasteiger partial charge on any atom is 0.325 e. The first kappa shape index (κ1) is 21.4. The predicted molar refractivity (Wildman–Crippen MR) is 114 cm³/mol. The molecule has 3 rings (SSSR count). The molecule has 1 unspecified atom stereocenters. The molecule has 1 heterocycles. The number of imide groups is 1. The van der Waals surface area contributed by atoms with Gasteiger partial charge in [0.25, 0.3) is 5.91 Å². The van der Waals surface area contributed by atoms with Gasteiger partial charge in [0.15, 0.2) is 0 Å². The van der Waals surface area contributed by atoms with Crippen molar-refractivity contribution in [3.63, 3.8) is 0 Å². The number of aryl methyl sites for hydroxylation is 3. The Morgan fingerprint density at radius 3 is 2.43 bits per heavy atom. The van der Waals surface area contributed by atoms with E-state index in [1.54, 1.807) is 19.2 Å². The number of carbonyl (C=O) groups is 3. The van der Waals surface area contributed by atoms with Crippen molar-refractivity contribution in [2.45, 2.75) is 39.7 Å². The molecule has 0 bridgehead atoms. The highest BCUT2D eigenvalue weighted by molar-refractivity contribution is 6.10. The van der Waals surface area contributed by atoms with E-state index in [1.807, 2.05) is 52.0 Å². The molecule has 0 spiro atoms. The van der Waals surface area contributed by atoms with Crippen molar-refractivity contribution in [3.8, 4) is 5.75 Å². The molecular weight excluding hydrogens is 382 g/mol. The molecule has 0 aliphatic carbocycles. The molecule has 1 atom stereocenters. The minimum atomic E-state index is -1.20. The molecule has 2 aromatic rings. The third kappa shape index (κ3) is 3.75. The summed E-state index contributed by atoms with van der Waals surface area (Å²) in [5.74, 6) is -0.162. The minimum Gasteiger partial charge on any atom is -0.496 e. The molecule has 1 saturated heterocycles. The summed E-state index contributed by atoms with van der Waals surface area (Å²) in [4.78, 5) is 39.4. The number of hydrogen-bond donors (Lipinski definition) is 2. The molecule has 7 heteroatoms. The van der Waals surface area contributed by atoms with Crippen LogP contribution in [0.2, 0.25) is 0 Å². The summed E-state index contributed by atoms with van der Waals surface area (Å²) in [6.07, 6.45) is 0.360. The second-order valence-corrected chi connectivity index (χ2v) is 7.63. The minimum absolute atomic E-state index is 0.352. The summed E-state index contributed by atoms with van der Waals surface area (Å²) in [5, 5.41) is 5.59. The molecule has 0 radical (unpaired) electrons. The number of nitrogens with zero attached hydrogens (tertiary/aromatic N) is 1. The van der Waals surface area contributed by atoms with Crippen molar-refractivity contribution >= 4 is 23.5 Å². The Morgan fingerprint density at radius 2 is 1.83 bits per heavy atom. The van der Waals surface area contributed by atoms with E-state index in [1.165, 1.54) is 0 Å². The van der Waals surface area contributed by atoms with Crippen LogP contribution in [0.25, 0.3) is 0 Å². The predicted octanol–water partition coefficient (Wildman–Crippen LogP) is 3.42. The zero-order valence-electron chi connectivity index (χ0n) is 18.0. The molecule has 2 N–H and O–H groups in total. The van der Waals surface area contributed by atoms with Gasteiger partial charge in [0, 0.05) is 5.69 Å². The van der Waals surface area contributed by atoms with Gasteiger partial charge < -0.3 is 15.4 Å². The van der Waals surface area contributed by atoms with Crippen LogP contribution in [0.3, 0.4) is 0 Å². The standard InChI is InChI=1S/C23H27N3O4/c1-6-23(17-8-10-19(30-5)16(4)12-17)21(28)26(22(29)25-23)13-20(27)24-18-9-7-14(2)11-15(18)3/h7-12H,6,13H2,1-5H3,(H,24,27)(H,25,29). The molecule has 2 aromatic carbocycles. The van der Waals surface area contributed by atoms with Crippen LogP contribution in [0, 0.1) is 20.8 Å². The number of anilines is 1. The third-order valence-corrected chi connectivity index (χ3v) is 5.55. The number of methoxy groups -OCH3 is 1. The van der Waals surface area contributed by atoms with Crippen molar-refractivity contribution in [2.75, 3.05) is 19.0 Å². The summed E-state index contributed by atoms with van der Waals surface area (Å²) in [6.45, 7) is 7.22. The first-order valence-electron chi connectivity index (χ1n) is 9.88. The number of amides is 4. The van der Waals surface area contributed by atoms with Crippen LogP contribution < -0.4 is 15.4 Å². The summed E-state index contributed by atoms with van der Waals surface area (Å²) in [5.41, 5.74) is 2.98. The van der Waals surface area contributed by atoms with E-state index in [9.17, 15) is 14.4 Å². The molecule has 0 aromatic heterocycles. The van der Waals surface area contributed by atoms with Gasteiger partial charge in [-0.25, -0.2) is 4.79 Å². The van der Waals surface area contributed by atoms with Gasteiger partial charge in [-0.2, -0.15) is 0 Å². The number of urea groups is 1. The van der Waals surface area contributed by atoms with Gasteiger partial charge in [-0.3, -0.25) is 14.5 Å². The number of hydrogen-bond acceptors (Lipinski definition) is 4. The Bertz CT molecular complexity index is 1020. The van der Waals surface area contributed by atoms with E-state index in [0.717, 1.165) is 21.6 Å². The largest absolute Gasteiger partial charge is 0.496 e. The monoisotopic (exact) mass is 409 g/mol. The van der Waals surface area contributed by atoms with Crippen LogP contribution in [0.15, 0.2) is 36.4 Å². The SMILES string of the molecule is CCC1(c2ccc(OC)c(C)c2)NC(=O)N(CC(=O)Nc2ccc(C)cc2C)C1=O. The Balaban J connectivity index is 1.82. The lowest BCUT2D eigenvalue weighted by molar-refractivity contribution is -0.134. The van der Waals surface area contributed by atoms with E-state index in [4.69, 9.17) is 4.74 Å². The van der Waals surface area contributed by atoms with E-state index in [-0.39, 0.29) is 6.54 Å². The Labute approximate surface area is 176 Å². The summed E-state index contributed by atoms with van der Waals surface area (Å²) < 4.78 is 5.29. The Kier molecular flexibility index (Phi) is 5.82. The number of carbonyl (C=O) groups excluding carboxylic acids is 3. The average molecular weight is 409 g/mol. The fourth-order valence-corrected chi connectivity index (χ4v) is 3.84. The lowest BCUT2D eigenvalue weighted by atomic mass is 9.86. The lowest BCUT2D eigenvalue weighted by Crippen LogP contribution is -2.44. The quantitative estimate of drug-likeness (QED) is 0.716. The van der Waals surface area contributed by atoms with Gasteiger partial charge in [-0.1, -0.05) is 30.7 Å². The summed E-state index contributed by atoms with van der Waals surface area (Å²) in [6, 6.07) is 10.5. The van der Waals surface area contributed by atoms with Gasteiger partial charge in [0.1, 0.15) is 17.8 Å². The molecule has 4 amide bonds. The topological polar surface area (TPSA) is 87.7 Å². The molecular formula is C23H27N3O4. The molecule has 1 aliphatic rings. The second kappa shape index (κ2) is 8.18.